The summed E-state index contributed by atoms with van der Waals surface area (Å²) >= 11 is 0. The SMILES string of the molecule is C=CCOC(=O)[C@@H]1[C@H]2C(=O)N([C@H](CO)c3ccccc3)C(C(=O)N(CC=C)CCN3CCOCC3)C23CC[C@@]1(CC)O3. The number of esters is 1. The molecule has 2 amide bonds. The number of benzene rings is 1. The molecule has 1 N–H and O–H groups in total. The summed E-state index contributed by atoms with van der Waals surface area (Å²) in [6, 6.07) is 7.39. The van der Waals surface area contributed by atoms with Crippen molar-refractivity contribution in [1.82, 2.24) is 14.7 Å². The number of morpholine rings is 1. The summed E-state index contributed by atoms with van der Waals surface area (Å²) < 4.78 is 17.8. The van der Waals surface area contributed by atoms with Gasteiger partial charge in [-0.15, -0.1) is 6.58 Å². The maximum atomic E-state index is 14.7. The van der Waals surface area contributed by atoms with Crippen LogP contribution in [0.25, 0.3) is 0 Å². The van der Waals surface area contributed by atoms with Crippen molar-refractivity contribution >= 4 is 17.8 Å². The van der Waals surface area contributed by atoms with Gasteiger partial charge in [-0.25, -0.2) is 0 Å². The highest BCUT2D eigenvalue weighted by Crippen LogP contribution is 2.65. The number of nitrogens with zero attached hydrogens (tertiary/aromatic N) is 3. The van der Waals surface area contributed by atoms with Crippen LogP contribution in [0.1, 0.15) is 37.8 Å². The lowest BCUT2D eigenvalue weighted by Gasteiger charge is -2.40. The van der Waals surface area contributed by atoms with Gasteiger partial charge in [0.15, 0.2) is 0 Å². The molecule has 6 atom stereocenters. The monoisotopic (exact) mass is 581 g/mol. The summed E-state index contributed by atoms with van der Waals surface area (Å²) in [6.45, 7) is 13.4. The first-order valence-corrected chi connectivity index (χ1v) is 15.0. The van der Waals surface area contributed by atoms with Gasteiger partial charge in [-0.05, 0) is 24.8 Å². The van der Waals surface area contributed by atoms with E-state index in [1.807, 2.05) is 37.3 Å². The first kappa shape index (κ1) is 30.4. The van der Waals surface area contributed by atoms with Crippen molar-refractivity contribution in [2.45, 2.75) is 49.5 Å². The predicted molar refractivity (Wildman–Crippen MR) is 155 cm³/mol. The lowest BCUT2D eigenvalue weighted by atomic mass is 9.65. The summed E-state index contributed by atoms with van der Waals surface area (Å²) in [5, 5.41) is 10.7. The zero-order valence-corrected chi connectivity index (χ0v) is 24.5. The Morgan fingerprint density at radius 3 is 2.57 bits per heavy atom. The molecule has 0 saturated carbocycles. The van der Waals surface area contributed by atoms with Crippen LogP contribution in [-0.2, 0) is 28.6 Å². The van der Waals surface area contributed by atoms with Crippen molar-refractivity contribution in [2.24, 2.45) is 11.8 Å². The van der Waals surface area contributed by atoms with E-state index < -0.39 is 41.1 Å². The first-order valence-electron chi connectivity index (χ1n) is 15.0. The molecule has 5 rings (SSSR count). The van der Waals surface area contributed by atoms with E-state index in [0.717, 1.165) is 13.1 Å². The maximum absolute atomic E-state index is 14.7. The summed E-state index contributed by atoms with van der Waals surface area (Å²) in [5.41, 5.74) is -1.42. The number of amides is 2. The number of hydrogen-bond donors (Lipinski definition) is 1. The molecule has 228 valence electrons. The lowest BCUT2D eigenvalue weighted by Crippen LogP contribution is -2.58. The summed E-state index contributed by atoms with van der Waals surface area (Å²) in [6.07, 6.45) is 4.66. The number of carbonyl (C=O) groups is 3. The average molecular weight is 582 g/mol. The van der Waals surface area contributed by atoms with E-state index in [-0.39, 0.29) is 25.0 Å². The van der Waals surface area contributed by atoms with Gasteiger partial charge in [0.1, 0.15) is 24.2 Å². The molecule has 10 nitrogen and oxygen atoms in total. The highest BCUT2D eigenvalue weighted by atomic mass is 16.6. The largest absolute Gasteiger partial charge is 0.461 e. The van der Waals surface area contributed by atoms with Gasteiger partial charge < -0.3 is 29.1 Å². The zero-order valence-electron chi connectivity index (χ0n) is 24.5. The second-order valence-electron chi connectivity index (χ2n) is 11.6. The molecule has 4 aliphatic rings. The van der Waals surface area contributed by atoms with Gasteiger partial charge in [0.25, 0.3) is 0 Å². The van der Waals surface area contributed by atoms with Crippen molar-refractivity contribution in [1.29, 1.82) is 0 Å². The van der Waals surface area contributed by atoms with Crippen molar-refractivity contribution < 1.29 is 33.7 Å². The van der Waals surface area contributed by atoms with E-state index in [1.165, 1.54) is 11.0 Å². The average Bonchev–Trinajstić information content (AvgIpc) is 3.63. The standard InChI is InChI=1S/C32H43N3O7/c1-4-14-34(16-15-33-17-20-40-21-18-33)29(38)27-32-13-12-31(6-3,42-32)26(30(39)41-19-5-2)25(32)28(37)35(27)24(22-36)23-10-8-7-9-11-23/h4-5,7-11,24-27,36H,1-2,6,12-22H2,3H3/t24-,25+,26+,27?,31-,32?/m1/s1. The highest BCUT2D eigenvalue weighted by molar-refractivity contribution is 5.99. The number of likely N-dealkylation sites (tertiary alicyclic amines) is 1. The first-order chi connectivity index (χ1) is 20.4. The minimum Gasteiger partial charge on any atom is -0.461 e. The number of fused-ring (bicyclic) bond motifs is 1. The second kappa shape index (κ2) is 12.7. The molecule has 2 bridgehead atoms. The molecule has 4 fully saturated rings. The third-order valence-electron chi connectivity index (χ3n) is 9.59. The fourth-order valence-electron chi connectivity index (χ4n) is 7.60. The lowest BCUT2D eigenvalue weighted by molar-refractivity contribution is -0.163. The van der Waals surface area contributed by atoms with E-state index in [1.54, 1.807) is 11.0 Å². The van der Waals surface area contributed by atoms with E-state index in [2.05, 4.69) is 18.1 Å². The van der Waals surface area contributed by atoms with Gasteiger partial charge in [-0.3, -0.25) is 19.3 Å². The Hall–Kier alpha value is -3.05. The Labute approximate surface area is 247 Å². The number of hydrogen-bond acceptors (Lipinski definition) is 8. The predicted octanol–water partition coefficient (Wildman–Crippen LogP) is 1.95. The number of ether oxygens (including phenoxy) is 3. The van der Waals surface area contributed by atoms with Gasteiger partial charge in [-0.1, -0.05) is 56.0 Å². The zero-order chi connectivity index (χ0) is 29.9. The summed E-state index contributed by atoms with van der Waals surface area (Å²) in [7, 11) is 0. The number of carbonyl (C=O) groups excluding carboxylic acids is 3. The van der Waals surface area contributed by atoms with Gasteiger partial charge in [0, 0.05) is 32.7 Å². The van der Waals surface area contributed by atoms with Crippen molar-refractivity contribution in [3.8, 4) is 0 Å². The number of aliphatic hydroxyl groups is 1. The van der Waals surface area contributed by atoms with Gasteiger partial charge in [0.2, 0.25) is 11.8 Å². The Balaban J connectivity index is 1.56. The molecule has 10 heteroatoms. The molecule has 4 aliphatic heterocycles. The van der Waals surface area contributed by atoms with E-state index in [9.17, 15) is 19.5 Å². The molecule has 2 unspecified atom stereocenters. The molecule has 0 aromatic heterocycles. The van der Waals surface area contributed by atoms with Crippen LogP contribution >= 0.6 is 0 Å². The van der Waals surface area contributed by atoms with Crippen molar-refractivity contribution in [3.05, 3.63) is 61.2 Å². The van der Waals surface area contributed by atoms with Crippen molar-refractivity contribution in [3.63, 3.8) is 0 Å². The number of aliphatic hydroxyl groups excluding tert-OH is 1. The molecular formula is C32H43N3O7. The summed E-state index contributed by atoms with van der Waals surface area (Å²) in [4.78, 5) is 48.4. The molecule has 1 aromatic carbocycles. The highest BCUT2D eigenvalue weighted by Gasteiger charge is 2.79. The minimum absolute atomic E-state index is 0.0209. The normalized spacial score (nSPS) is 31.0. The van der Waals surface area contributed by atoms with Crippen molar-refractivity contribution in [2.75, 3.05) is 59.2 Å². The Kier molecular flexibility index (Phi) is 9.17. The third kappa shape index (κ3) is 5.08. The van der Waals surface area contributed by atoms with E-state index in [4.69, 9.17) is 14.2 Å². The summed E-state index contributed by atoms with van der Waals surface area (Å²) in [5.74, 6) is -2.90. The van der Waals surface area contributed by atoms with Crippen LogP contribution in [0.5, 0.6) is 0 Å². The molecule has 1 aromatic rings. The third-order valence-corrected chi connectivity index (χ3v) is 9.59. The van der Waals surface area contributed by atoms with Crippen LogP contribution in [0.2, 0.25) is 0 Å². The van der Waals surface area contributed by atoms with Crippen LogP contribution in [0.4, 0.5) is 0 Å². The van der Waals surface area contributed by atoms with Gasteiger partial charge >= 0.3 is 5.97 Å². The van der Waals surface area contributed by atoms with Crippen LogP contribution in [-0.4, -0.2) is 114 Å². The van der Waals surface area contributed by atoms with Crippen LogP contribution in [0.3, 0.4) is 0 Å². The van der Waals surface area contributed by atoms with E-state index >= 15 is 0 Å². The van der Waals surface area contributed by atoms with Crippen LogP contribution < -0.4 is 0 Å². The fraction of sp³-hybridized carbons (Fsp3) is 0.594. The molecule has 42 heavy (non-hydrogen) atoms. The van der Waals surface area contributed by atoms with Crippen LogP contribution in [0, 0.1) is 11.8 Å². The molecule has 4 heterocycles. The Bertz CT molecular complexity index is 1170. The van der Waals surface area contributed by atoms with Gasteiger partial charge in [0.05, 0.1) is 37.4 Å². The quantitative estimate of drug-likeness (QED) is 0.278. The molecule has 0 aliphatic carbocycles. The maximum Gasteiger partial charge on any atom is 0.313 e. The smallest absolute Gasteiger partial charge is 0.313 e. The molecular weight excluding hydrogens is 538 g/mol. The minimum atomic E-state index is -1.22. The van der Waals surface area contributed by atoms with Gasteiger partial charge in [-0.2, -0.15) is 0 Å². The Morgan fingerprint density at radius 2 is 1.93 bits per heavy atom. The molecule has 0 radical (unpaired) electrons. The Morgan fingerprint density at radius 1 is 1.19 bits per heavy atom. The fourth-order valence-corrected chi connectivity index (χ4v) is 7.60. The van der Waals surface area contributed by atoms with Crippen LogP contribution in [0.15, 0.2) is 55.6 Å². The van der Waals surface area contributed by atoms with E-state index in [0.29, 0.717) is 57.7 Å². The number of rotatable bonds is 13. The molecule has 4 saturated heterocycles. The molecule has 1 spiro atoms. The topological polar surface area (TPSA) is 109 Å². The second-order valence-corrected chi connectivity index (χ2v) is 11.6.